The van der Waals surface area contributed by atoms with Gasteiger partial charge in [0.05, 0.1) is 25.6 Å². The van der Waals surface area contributed by atoms with Gasteiger partial charge in [0.15, 0.2) is 0 Å². The first-order chi connectivity index (χ1) is 16.3. The van der Waals surface area contributed by atoms with Gasteiger partial charge in [-0.25, -0.2) is 0 Å². The molecule has 3 aromatic rings. The van der Waals surface area contributed by atoms with Crippen molar-refractivity contribution in [3.05, 3.63) is 66.1 Å². The number of hydrogen-bond acceptors (Lipinski definition) is 8. The molecule has 1 aromatic heterocycles. The molecule has 1 aliphatic rings. The number of ether oxygens (including phenoxy) is 2. The Balaban J connectivity index is 1.18. The Kier molecular flexibility index (Phi) is 8.74. The minimum atomic E-state index is -0.0878. The summed E-state index contributed by atoms with van der Waals surface area (Å²) in [6.45, 7) is 5.40. The standard InChI is InChI=1S/C24H28N4O4S/c29-23(25-10-11-28-12-14-30-15-13-28)19-6-8-20(9-7-19)24-27-26-22(32-24)18-33-17-16-31-21-4-2-1-3-5-21/h1-9H,10-18H2,(H,25,29). The van der Waals surface area contributed by atoms with Crippen molar-refractivity contribution < 1.29 is 18.7 Å². The minimum absolute atomic E-state index is 0.0878. The zero-order chi connectivity index (χ0) is 22.7. The number of morpholine rings is 1. The molecule has 0 spiro atoms. The number of nitrogens with one attached hydrogen (secondary N) is 1. The Hall–Kier alpha value is -2.88. The third kappa shape index (κ3) is 7.31. The second-order valence-corrected chi connectivity index (χ2v) is 8.61. The van der Waals surface area contributed by atoms with Crippen LogP contribution in [-0.4, -0.2) is 72.8 Å². The smallest absolute Gasteiger partial charge is 0.251 e. The van der Waals surface area contributed by atoms with Crippen molar-refractivity contribution in [1.82, 2.24) is 20.4 Å². The van der Waals surface area contributed by atoms with Crippen LogP contribution in [0.3, 0.4) is 0 Å². The van der Waals surface area contributed by atoms with Crippen LogP contribution >= 0.6 is 11.8 Å². The van der Waals surface area contributed by atoms with Crippen molar-refractivity contribution in [1.29, 1.82) is 0 Å². The summed E-state index contributed by atoms with van der Waals surface area (Å²) in [5.74, 6) is 3.24. The number of benzene rings is 2. The van der Waals surface area contributed by atoms with Gasteiger partial charge in [0.2, 0.25) is 11.8 Å². The molecule has 1 amide bonds. The topological polar surface area (TPSA) is 89.7 Å². The molecule has 0 saturated carbocycles. The van der Waals surface area contributed by atoms with Crippen LogP contribution in [0.15, 0.2) is 59.0 Å². The molecule has 174 valence electrons. The van der Waals surface area contributed by atoms with E-state index in [0.29, 0.717) is 36.2 Å². The number of aromatic nitrogens is 2. The normalized spacial score (nSPS) is 14.2. The van der Waals surface area contributed by atoms with Gasteiger partial charge in [0.1, 0.15) is 5.75 Å². The highest BCUT2D eigenvalue weighted by Crippen LogP contribution is 2.20. The molecule has 0 aliphatic carbocycles. The number of thioether (sulfide) groups is 1. The van der Waals surface area contributed by atoms with Gasteiger partial charge in [-0.1, -0.05) is 18.2 Å². The molecule has 0 radical (unpaired) electrons. The summed E-state index contributed by atoms with van der Waals surface area (Å²) < 4.78 is 16.8. The van der Waals surface area contributed by atoms with Crippen LogP contribution in [0.4, 0.5) is 0 Å². The lowest BCUT2D eigenvalue weighted by Gasteiger charge is -2.26. The van der Waals surface area contributed by atoms with Crippen molar-refractivity contribution >= 4 is 17.7 Å². The monoisotopic (exact) mass is 468 g/mol. The molecule has 0 atom stereocenters. The fourth-order valence-corrected chi connectivity index (χ4v) is 3.98. The number of para-hydroxylation sites is 1. The summed E-state index contributed by atoms with van der Waals surface area (Å²) in [4.78, 5) is 14.7. The summed E-state index contributed by atoms with van der Waals surface area (Å²) in [5.41, 5.74) is 1.39. The van der Waals surface area contributed by atoms with E-state index >= 15 is 0 Å². The van der Waals surface area contributed by atoms with E-state index in [1.807, 2.05) is 42.5 Å². The second-order valence-electron chi connectivity index (χ2n) is 7.50. The maximum atomic E-state index is 12.4. The number of carbonyl (C=O) groups excluding carboxylic acids is 1. The Labute approximate surface area is 197 Å². The van der Waals surface area contributed by atoms with E-state index in [9.17, 15) is 4.79 Å². The Morgan fingerprint density at radius 1 is 1.06 bits per heavy atom. The number of hydrogen-bond donors (Lipinski definition) is 1. The molecular weight excluding hydrogens is 440 g/mol. The molecule has 9 heteroatoms. The molecule has 2 heterocycles. The summed E-state index contributed by atoms with van der Waals surface area (Å²) in [6.07, 6.45) is 0. The van der Waals surface area contributed by atoms with Crippen LogP contribution in [0.2, 0.25) is 0 Å². The summed E-state index contributed by atoms with van der Waals surface area (Å²) in [6, 6.07) is 17.0. The highest BCUT2D eigenvalue weighted by molar-refractivity contribution is 7.98. The first kappa shape index (κ1) is 23.3. The van der Waals surface area contributed by atoms with E-state index in [2.05, 4.69) is 20.4 Å². The summed E-state index contributed by atoms with van der Waals surface area (Å²) in [7, 11) is 0. The SMILES string of the molecule is O=C(NCCN1CCOCC1)c1ccc(-c2nnc(CSCCOc3ccccc3)o2)cc1. The maximum absolute atomic E-state index is 12.4. The van der Waals surface area contributed by atoms with E-state index in [1.165, 1.54) is 0 Å². The molecule has 4 rings (SSSR count). The van der Waals surface area contributed by atoms with E-state index in [1.54, 1.807) is 23.9 Å². The third-order valence-corrected chi connectivity index (χ3v) is 6.05. The van der Waals surface area contributed by atoms with E-state index < -0.39 is 0 Å². The molecule has 0 unspecified atom stereocenters. The van der Waals surface area contributed by atoms with Gasteiger partial charge in [0, 0.05) is 43.1 Å². The predicted octanol–water partition coefficient (Wildman–Crippen LogP) is 3.11. The van der Waals surface area contributed by atoms with Crippen LogP contribution in [0.25, 0.3) is 11.5 Å². The van der Waals surface area contributed by atoms with Gasteiger partial charge in [-0.15, -0.1) is 22.0 Å². The maximum Gasteiger partial charge on any atom is 0.251 e. The number of amides is 1. The predicted molar refractivity (Wildman–Crippen MR) is 127 cm³/mol. The lowest BCUT2D eigenvalue weighted by Crippen LogP contribution is -2.41. The van der Waals surface area contributed by atoms with E-state index in [-0.39, 0.29) is 5.91 Å². The molecule has 1 N–H and O–H groups in total. The van der Waals surface area contributed by atoms with Crippen LogP contribution < -0.4 is 10.1 Å². The highest BCUT2D eigenvalue weighted by Gasteiger charge is 2.12. The quantitative estimate of drug-likeness (QED) is 0.430. The van der Waals surface area contributed by atoms with Crippen LogP contribution in [-0.2, 0) is 10.5 Å². The van der Waals surface area contributed by atoms with Gasteiger partial charge in [0.25, 0.3) is 5.91 Å². The first-order valence-electron chi connectivity index (χ1n) is 11.0. The van der Waals surface area contributed by atoms with Gasteiger partial charge in [-0.05, 0) is 36.4 Å². The van der Waals surface area contributed by atoms with Crippen LogP contribution in [0, 0.1) is 0 Å². The van der Waals surface area contributed by atoms with Crippen LogP contribution in [0.5, 0.6) is 5.75 Å². The largest absolute Gasteiger partial charge is 0.493 e. The Morgan fingerprint density at radius 2 is 1.85 bits per heavy atom. The Bertz CT molecular complexity index is 991. The average Bonchev–Trinajstić information content (AvgIpc) is 3.34. The second kappa shape index (κ2) is 12.4. The number of nitrogens with zero attached hydrogens (tertiary/aromatic N) is 3. The van der Waals surface area contributed by atoms with Crippen molar-refractivity contribution in [2.75, 3.05) is 51.8 Å². The van der Waals surface area contributed by atoms with Crippen molar-refractivity contribution in [3.63, 3.8) is 0 Å². The molecule has 1 aliphatic heterocycles. The van der Waals surface area contributed by atoms with Crippen molar-refractivity contribution in [2.45, 2.75) is 5.75 Å². The number of rotatable bonds is 11. The molecule has 1 saturated heterocycles. The third-order valence-electron chi connectivity index (χ3n) is 5.14. The van der Waals surface area contributed by atoms with E-state index in [0.717, 1.165) is 49.9 Å². The minimum Gasteiger partial charge on any atom is -0.493 e. The lowest BCUT2D eigenvalue weighted by atomic mass is 10.1. The van der Waals surface area contributed by atoms with Gasteiger partial charge in [-0.3, -0.25) is 9.69 Å². The highest BCUT2D eigenvalue weighted by atomic mass is 32.2. The first-order valence-corrected chi connectivity index (χ1v) is 12.2. The summed E-state index contributed by atoms with van der Waals surface area (Å²) >= 11 is 1.67. The average molecular weight is 469 g/mol. The van der Waals surface area contributed by atoms with Gasteiger partial charge < -0.3 is 19.2 Å². The van der Waals surface area contributed by atoms with Crippen molar-refractivity contribution in [3.8, 4) is 17.2 Å². The van der Waals surface area contributed by atoms with Gasteiger partial charge in [-0.2, -0.15) is 0 Å². The molecule has 8 nitrogen and oxygen atoms in total. The molecule has 1 fully saturated rings. The van der Waals surface area contributed by atoms with Crippen LogP contribution in [0.1, 0.15) is 16.2 Å². The van der Waals surface area contributed by atoms with Crippen molar-refractivity contribution in [2.24, 2.45) is 0 Å². The lowest BCUT2D eigenvalue weighted by molar-refractivity contribution is 0.0383. The number of carbonyl (C=O) groups is 1. The molecule has 0 bridgehead atoms. The Morgan fingerprint density at radius 3 is 2.64 bits per heavy atom. The molecule has 33 heavy (non-hydrogen) atoms. The fourth-order valence-electron chi connectivity index (χ4n) is 3.34. The van der Waals surface area contributed by atoms with Gasteiger partial charge >= 0.3 is 0 Å². The molecule has 2 aromatic carbocycles. The van der Waals surface area contributed by atoms with E-state index in [4.69, 9.17) is 13.9 Å². The summed E-state index contributed by atoms with van der Waals surface area (Å²) in [5, 5.41) is 11.2. The zero-order valence-electron chi connectivity index (χ0n) is 18.4. The molecular formula is C24H28N4O4S. The zero-order valence-corrected chi connectivity index (χ0v) is 19.3. The fraction of sp³-hybridized carbons (Fsp3) is 0.375.